The zero-order chi connectivity index (χ0) is 20.1. The van der Waals surface area contributed by atoms with Crippen LogP contribution >= 0.6 is 15.9 Å². The first-order valence-corrected chi connectivity index (χ1v) is 10.8. The standard InChI is InChI=1S/C21H34BrN3O2/c1-7-9-17(8-2)23-20-18(10-16(22)11-19(20)24(5)6)21(26)25-12-14(3)27-15(4)13-25/h10-11,14-15,17,23H,7-9,12-13H2,1-6H3/t14-,15+,17-/m0/s1. The molecule has 1 amide bonds. The van der Waals surface area contributed by atoms with Gasteiger partial charge in [0.15, 0.2) is 0 Å². The minimum atomic E-state index is 0.0538. The predicted molar refractivity (Wildman–Crippen MR) is 117 cm³/mol. The Balaban J connectivity index is 2.45. The number of halogens is 1. The molecule has 1 aromatic carbocycles. The number of carbonyl (C=O) groups excluding carboxylic acids is 1. The fraction of sp³-hybridized carbons (Fsp3) is 0.667. The van der Waals surface area contributed by atoms with Crippen LogP contribution in [0.4, 0.5) is 11.4 Å². The number of morpholine rings is 1. The topological polar surface area (TPSA) is 44.8 Å². The Bertz CT molecular complexity index is 641. The number of nitrogens with one attached hydrogen (secondary N) is 1. The number of carbonyl (C=O) groups is 1. The first kappa shape index (κ1) is 22.0. The van der Waals surface area contributed by atoms with E-state index in [4.69, 9.17) is 4.74 Å². The van der Waals surface area contributed by atoms with E-state index in [1.54, 1.807) is 0 Å². The summed E-state index contributed by atoms with van der Waals surface area (Å²) < 4.78 is 6.72. The lowest BCUT2D eigenvalue weighted by atomic mass is 10.0. The smallest absolute Gasteiger partial charge is 0.256 e. The Labute approximate surface area is 172 Å². The van der Waals surface area contributed by atoms with Crippen molar-refractivity contribution in [3.63, 3.8) is 0 Å². The normalized spacial score (nSPS) is 21.1. The maximum Gasteiger partial charge on any atom is 0.256 e. The molecule has 3 atom stereocenters. The molecule has 152 valence electrons. The average Bonchev–Trinajstić information content (AvgIpc) is 2.60. The Morgan fingerprint density at radius 3 is 2.44 bits per heavy atom. The molecule has 1 fully saturated rings. The van der Waals surface area contributed by atoms with Crippen molar-refractivity contribution in [1.82, 2.24) is 4.90 Å². The summed E-state index contributed by atoms with van der Waals surface area (Å²) in [6.45, 7) is 9.68. The van der Waals surface area contributed by atoms with Crippen molar-refractivity contribution in [2.75, 3.05) is 37.4 Å². The number of amides is 1. The number of rotatable bonds is 7. The van der Waals surface area contributed by atoms with Crippen LogP contribution in [-0.2, 0) is 4.74 Å². The van der Waals surface area contributed by atoms with E-state index in [0.717, 1.165) is 40.7 Å². The molecule has 0 aliphatic carbocycles. The molecule has 27 heavy (non-hydrogen) atoms. The van der Waals surface area contributed by atoms with E-state index >= 15 is 0 Å². The van der Waals surface area contributed by atoms with Crippen molar-refractivity contribution in [3.8, 4) is 0 Å². The zero-order valence-corrected chi connectivity index (χ0v) is 19.1. The van der Waals surface area contributed by atoms with Gasteiger partial charge in [-0.3, -0.25) is 4.79 Å². The third-order valence-electron chi connectivity index (χ3n) is 4.98. The molecule has 2 rings (SSSR count). The number of hydrogen-bond donors (Lipinski definition) is 1. The molecule has 1 aliphatic heterocycles. The van der Waals surface area contributed by atoms with E-state index in [-0.39, 0.29) is 18.1 Å². The molecule has 1 N–H and O–H groups in total. The summed E-state index contributed by atoms with van der Waals surface area (Å²) >= 11 is 3.60. The molecule has 6 heteroatoms. The third kappa shape index (κ3) is 5.61. The fourth-order valence-corrected chi connectivity index (χ4v) is 4.16. The molecular weight excluding hydrogens is 406 g/mol. The minimum Gasteiger partial charge on any atom is -0.380 e. The first-order chi connectivity index (χ1) is 12.8. The van der Waals surface area contributed by atoms with Gasteiger partial charge in [-0.05, 0) is 38.8 Å². The van der Waals surface area contributed by atoms with Gasteiger partial charge in [0.1, 0.15) is 0 Å². The molecular formula is C21H34BrN3O2. The van der Waals surface area contributed by atoms with Crippen LogP contribution in [0.3, 0.4) is 0 Å². The van der Waals surface area contributed by atoms with Crippen molar-refractivity contribution < 1.29 is 9.53 Å². The molecule has 1 saturated heterocycles. The minimum absolute atomic E-state index is 0.0538. The second-order valence-corrected chi connectivity index (χ2v) is 8.66. The summed E-state index contributed by atoms with van der Waals surface area (Å²) in [5.74, 6) is 0.0650. The van der Waals surface area contributed by atoms with Crippen molar-refractivity contribution in [3.05, 3.63) is 22.2 Å². The highest BCUT2D eigenvalue weighted by atomic mass is 79.9. The van der Waals surface area contributed by atoms with Crippen molar-refractivity contribution in [2.24, 2.45) is 0 Å². The van der Waals surface area contributed by atoms with Crippen LogP contribution in [0.25, 0.3) is 0 Å². The van der Waals surface area contributed by atoms with Gasteiger partial charge in [-0.1, -0.05) is 36.2 Å². The van der Waals surface area contributed by atoms with Gasteiger partial charge < -0.3 is 19.9 Å². The van der Waals surface area contributed by atoms with E-state index in [0.29, 0.717) is 19.1 Å². The monoisotopic (exact) mass is 439 g/mol. The largest absolute Gasteiger partial charge is 0.380 e. The number of ether oxygens (including phenoxy) is 1. The Morgan fingerprint density at radius 1 is 1.30 bits per heavy atom. The average molecular weight is 440 g/mol. The zero-order valence-electron chi connectivity index (χ0n) is 17.5. The van der Waals surface area contributed by atoms with Gasteiger partial charge in [0.2, 0.25) is 0 Å². The molecule has 1 aromatic rings. The van der Waals surface area contributed by atoms with Crippen molar-refractivity contribution in [1.29, 1.82) is 0 Å². The third-order valence-corrected chi connectivity index (χ3v) is 5.44. The summed E-state index contributed by atoms with van der Waals surface area (Å²) in [6.07, 6.45) is 3.33. The highest BCUT2D eigenvalue weighted by Crippen LogP contribution is 2.35. The molecule has 0 radical (unpaired) electrons. The SMILES string of the molecule is CCC[C@H](CC)Nc1c(C(=O)N2C[C@@H](C)O[C@@H](C)C2)cc(Br)cc1N(C)C. The highest BCUT2D eigenvalue weighted by Gasteiger charge is 2.29. The maximum atomic E-state index is 13.5. The van der Waals surface area contributed by atoms with E-state index in [1.165, 1.54) is 0 Å². The molecule has 5 nitrogen and oxygen atoms in total. The van der Waals surface area contributed by atoms with Gasteiger partial charge in [0.25, 0.3) is 5.91 Å². The van der Waals surface area contributed by atoms with Gasteiger partial charge in [0.05, 0.1) is 29.1 Å². The highest BCUT2D eigenvalue weighted by molar-refractivity contribution is 9.10. The van der Waals surface area contributed by atoms with Gasteiger partial charge in [-0.2, -0.15) is 0 Å². The van der Waals surface area contributed by atoms with E-state index < -0.39 is 0 Å². The Morgan fingerprint density at radius 2 is 1.93 bits per heavy atom. The number of hydrogen-bond acceptors (Lipinski definition) is 4. The molecule has 1 heterocycles. The van der Waals surface area contributed by atoms with Crippen LogP contribution in [0.2, 0.25) is 0 Å². The fourth-order valence-electron chi connectivity index (χ4n) is 3.71. The van der Waals surface area contributed by atoms with Crippen LogP contribution in [0.5, 0.6) is 0 Å². The molecule has 0 spiro atoms. The summed E-state index contributed by atoms with van der Waals surface area (Å²) in [5, 5.41) is 3.68. The van der Waals surface area contributed by atoms with E-state index in [1.807, 2.05) is 38.9 Å². The molecule has 0 saturated carbocycles. The summed E-state index contributed by atoms with van der Waals surface area (Å²) in [7, 11) is 4.03. The molecule has 0 aromatic heterocycles. The van der Waals surface area contributed by atoms with Gasteiger partial charge in [-0.25, -0.2) is 0 Å². The van der Waals surface area contributed by atoms with Crippen LogP contribution in [-0.4, -0.2) is 56.2 Å². The van der Waals surface area contributed by atoms with Crippen LogP contribution in [0, 0.1) is 0 Å². The van der Waals surface area contributed by atoms with Gasteiger partial charge in [0, 0.05) is 37.7 Å². The van der Waals surface area contributed by atoms with Crippen LogP contribution < -0.4 is 10.2 Å². The summed E-state index contributed by atoms with van der Waals surface area (Å²) in [6, 6.07) is 4.37. The van der Waals surface area contributed by atoms with E-state index in [2.05, 4.69) is 46.1 Å². The second kappa shape index (κ2) is 9.78. The number of anilines is 2. The molecule has 0 bridgehead atoms. The summed E-state index contributed by atoms with van der Waals surface area (Å²) in [5.41, 5.74) is 2.68. The van der Waals surface area contributed by atoms with Crippen LogP contribution in [0.15, 0.2) is 16.6 Å². The first-order valence-electron chi connectivity index (χ1n) is 9.98. The molecule has 0 unspecified atom stereocenters. The van der Waals surface area contributed by atoms with E-state index in [9.17, 15) is 4.79 Å². The number of nitrogens with zero attached hydrogens (tertiary/aromatic N) is 2. The Kier molecular flexibility index (Phi) is 7.98. The van der Waals surface area contributed by atoms with Crippen molar-refractivity contribution >= 4 is 33.2 Å². The second-order valence-electron chi connectivity index (χ2n) is 7.75. The number of benzene rings is 1. The Hall–Kier alpha value is -1.27. The van der Waals surface area contributed by atoms with Gasteiger partial charge >= 0.3 is 0 Å². The molecule has 1 aliphatic rings. The summed E-state index contributed by atoms with van der Waals surface area (Å²) in [4.78, 5) is 17.4. The lowest BCUT2D eigenvalue weighted by molar-refractivity contribution is -0.0585. The maximum absolute atomic E-state index is 13.5. The van der Waals surface area contributed by atoms with Crippen LogP contribution in [0.1, 0.15) is 57.3 Å². The van der Waals surface area contributed by atoms with Crippen molar-refractivity contribution in [2.45, 2.75) is 65.2 Å². The van der Waals surface area contributed by atoms with Gasteiger partial charge in [-0.15, -0.1) is 0 Å². The predicted octanol–water partition coefficient (Wildman–Crippen LogP) is 4.76. The quantitative estimate of drug-likeness (QED) is 0.665. The lowest BCUT2D eigenvalue weighted by Gasteiger charge is -2.36. The lowest BCUT2D eigenvalue weighted by Crippen LogP contribution is -2.48.